The van der Waals surface area contributed by atoms with E-state index in [-0.39, 0.29) is 11.7 Å². The van der Waals surface area contributed by atoms with E-state index in [2.05, 4.69) is 20.7 Å². The molecule has 114 valence electrons. The zero-order valence-corrected chi connectivity index (χ0v) is 12.1. The average Bonchev–Trinajstić information content (AvgIpc) is 3.05. The summed E-state index contributed by atoms with van der Waals surface area (Å²) >= 11 is 0. The summed E-state index contributed by atoms with van der Waals surface area (Å²) in [5.41, 5.74) is 5.30. The third-order valence-corrected chi connectivity index (χ3v) is 3.17. The number of phenolic OH excluding ortho intramolecular Hbond substituents is 1. The van der Waals surface area contributed by atoms with Crippen molar-refractivity contribution >= 4 is 12.1 Å². The van der Waals surface area contributed by atoms with E-state index in [1.54, 1.807) is 0 Å². The van der Waals surface area contributed by atoms with Gasteiger partial charge in [0.15, 0.2) is 0 Å². The summed E-state index contributed by atoms with van der Waals surface area (Å²) in [5.74, 6) is -0.250. The van der Waals surface area contributed by atoms with Crippen molar-refractivity contribution in [1.29, 1.82) is 0 Å². The number of rotatable bonds is 4. The monoisotopic (exact) mass is 306 g/mol. The number of benzene rings is 2. The lowest BCUT2D eigenvalue weighted by molar-refractivity contribution is 0.0955. The molecule has 0 saturated heterocycles. The van der Waals surface area contributed by atoms with Crippen LogP contribution in [-0.4, -0.2) is 27.4 Å². The molecule has 1 aromatic heterocycles. The van der Waals surface area contributed by atoms with Crippen molar-refractivity contribution in [2.75, 3.05) is 0 Å². The molecule has 0 spiro atoms. The maximum absolute atomic E-state index is 11.8. The van der Waals surface area contributed by atoms with E-state index >= 15 is 0 Å². The second-order valence-electron chi connectivity index (χ2n) is 4.82. The highest BCUT2D eigenvalue weighted by molar-refractivity contribution is 5.94. The van der Waals surface area contributed by atoms with Gasteiger partial charge in [0, 0.05) is 11.1 Å². The van der Waals surface area contributed by atoms with Gasteiger partial charge in [-0.25, -0.2) is 5.43 Å². The number of nitrogens with one attached hydrogen (secondary N) is 2. The Morgan fingerprint density at radius 3 is 2.61 bits per heavy atom. The number of aromatic nitrogens is 2. The second kappa shape index (κ2) is 6.57. The van der Waals surface area contributed by atoms with Gasteiger partial charge in [-0.1, -0.05) is 30.3 Å². The highest BCUT2D eigenvalue weighted by Gasteiger charge is 2.04. The quantitative estimate of drug-likeness (QED) is 0.511. The van der Waals surface area contributed by atoms with E-state index in [9.17, 15) is 9.90 Å². The Morgan fingerprint density at radius 1 is 1.13 bits per heavy atom. The third-order valence-electron chi connectivity index (χ3n) is 3.17. The van der Waals surface area contributed by atoms with E-state index in [1.165, 1.54) is 30.5 Å². The van der Waals surface area contributed by atoms with Crippen LogP contribution in [0.4, 0.5) is 0 Å². The number of H-pyrrole nitrogens is 1. The Labute approximate surface area is 132 Å². The highest BCUT2D eigenvalue weighted by atomic mass is 16.3. The maximum Gasteiger partial charge on any atom is 0.271 e. The summed E-state index contributed by atoms with van der Waals surface area (Å²) in [4.78, 5) is 11.8. The molecule has 3 N–H and O–H groups in total. The van der Waals surface area contributed by atoms with Crippen LogP contribution in [0.3, 0.4) is 0 Å². The molecule has 0 atom stereocenters. The van der Waals surface area contributed by atoms with E-state index < -0.39 is 0 Å². The van der Waals surface area contributed by atoms with Crippen LogP contribution in [-0.2, 0) is 0 Å². The SMILES string of the molecule is O=C(N/N=C/c1cc(-c2ccccc2)n[nH]1)c1ccc(O)cc1. The number of nitrogens with zero attached hydrogens (tertiary/aromatic N) is 2. The van der Waals surface area contributed by atoms with Crippen LogP contribution in [0.25, 0.3) is 11.3 Å². The number of hydrogen-bond donors (Lipinski definition) is 3. The van der Waals surface area contributed by atoms with Crippen molar-refractivity contribution in [3.05, 3.63) is 71.9 Å². The molecule has 3 rings (SSSR count). The molecule has 0 saturated carbocycles. The van der Waals surface area contributed by atoms with Crippen molar-refractivity contribution < 1.29 is 9.90 Å². The predicted molar refractivity (Wildman–Crippen MR) is 87.2 cm³/mol. The van der Waals surface area contributed by atoms with Gasteiger partial charge < -0.3 is 5.11 Å². The van der Waals surface area contributed by atoms with Gasteiger partial charge in [-0.15, -0.1) is 0 Å². The van der Waals surface area contributed by atoms with Crippen LogP contribution >= 0.6 is 0 Å². The van der Waals surface area contributed by atoms with Gasteiger partial charge in [0.25, 0.3) is 5.91 Å². The molecule has 1 amide bonds. The number of amides is 1. The minimum absolute atomic E-state index is 0.107. The van der Waals surface area contributed by atoms with Crippen LogP contribution in [0.5, 0.6) is 5.75 Å². The van der Waals surface area contributed by atoms with Gasteiger partial charge in [-0.3, -0.25) is 9.89 Å². The zero-order valence-electron chi connectivity index (χ0n) is 12.1. The number of phenols is 1. The van der Waals surface area contributed by atoms with Gasteiger partial charge in [0.2, 0.25) is 0 Å². The summed E-state index contributed by atoms with van der Waals surface area (Å²) in [6.07, 6.45) is 1.48. The molecule has 0 bridgehead atoms. The first kappa shape index (κ1) is 14.5. The van der Waals surface area contributed by atoms with Crippen LogP contribution in [0.2, 0.25) is 0 Å². The predicted octanol–water partition coefficient (Wildman–Crippen LogP) is 2.55. The van der Waals surface area contributed by atoms with Crippen LogP contribution in [0.15, 0.2) is 65.8 Å². The van der Waals surface area contributed by atoms with E-state index in [1.807, 2.05) is 36.4 Å². The number of aromatic hydroxyl groups is 1. The number of hydrogen-bond acceptors (Lipinski definition) is 4. The molecule has 23 heavy (non-hydrogen) atoms. The van der Waals surface area contributed by atoms with E-state index in [4.69, 9.17) is 0 Å². The summed E-state index contributed by atoms with van der Waals surface area (Å²) in [5, 5.41) is 20.1. The summed E-state index contributed by atoms with van der Waals surface area (Å²) < 4.78 is 0. The van der Waals surface area contributed by atoms with Crippen LogP contribution in [0.1, 0.15) is 16.1 Å². The number of hydrazone groups is 1. The molecule has 0 radical (unpaired) electrons. The lowest BCUT2D eigenvalue weighted by Crippen LogP contribution is -2.17. The molecule has 6 heteroatoms. The highest BCUT2D eigenvalue weighted by Crippen LogP contribution is 2.16. The topological polar surface area (TPSA) is 90.4 Å². The zero-order chi connectivity index (χ0) is 16.1. The fourth-order valence-corrected chi connectivity index (χ4v) is 2.00. The van der Waals surface area contributed by atoms with Crippen LogP contribution < -0.4 is 5.43 Å². The lowest BCUT2D eigenvalue weighted by atomic mass is 10.1. The summed E-state index contributed by atoms with van der Waals surface area (Å²) in [6.45, 7) is 0. The van der Waals surface area contributed by atoms with Gasteiger partial charge in [0.1, 0.15) is 5.75 Å². The fraction of sp³-hybridized carbons (Fsp3) is 0. The van der Waals surface area contributed by atoms with E-state index in [0.717, 1.165) is 11.3 Å². The molecular formula is C17H14N4O2. The number of aromatic amines is 1. The largest absolute Gasteiger partial charge is 0.508 e. The maximum atomic E-state index is 11.8. The van der Waals surface area contributed by atoms with E-state index in [0.29, 0.717) is 11.3 Å². The molecule has 0 fully saturated rings. The molecule has 3 aromatic rings. The third kappa shape index (κ3) is 3.62. The Hall–Kier alpha value is -3.41. The lowest BCUT2D eigenvalue weighted by Gasteiger charge is -1.99. The first-order chi connectivity index (χ1) is 11.2. The Balaban J connectivity index is 1.63. The molecular weight excluding hydrogens is 292 g/mol. The molecule has 0 aliphatic heterocycles. The van der Waals surface area contributed by atoms with Crippen LogP contribution in [0, 0.1) is 0 Å². The minimum atomic E-state index is -0.357. The first-order valence-corrected chi connectivity index (χ1v) is 6.95. The van der Waals surface area contributed by atoms with Gasteiger partial charge >= 0.3 is 0 Å². The van der Waals surface area contributed by atoms with Gasteiger partial charge in [0.05, 0.1) is 17.6 Å². The molecule has 0 aliphatic rings. The molecule has 2 aromatic carbocycles. The Bertz CT molecular complexity index is 823. The van der Waals surface area contributed by atoms with Crippen molar-refractivity contribution in [3.8, 4) is 17.0 Å². The van der Waals surface area contributed by atoms with Crippen molar-refractivity contribution in [1.82, 2.24) is 15.6 Å². The normalized spacial score (nSPS) is 10.8. The summed E-state index contributed by atoms with van der Waals surface area (Å²) in [7, 11) is 0. The molecule has 6 nitrogen and oxygen atoms in total. The fourth-order valence-electron chi connectivity index (χ4n) is 2.00. The van der Waals surface area contributed by atoms with Crippen molar-refractivity contribution in [3.63, 3.8) is 0 Å². The molecule has 1 heterocycles. The number of carbonyl (C=O) groups excluding carboxylic acids is 1. The minimum Gasteiger partial charge on any atom is -0.508 e. The summed E-state index contributed by atoms with van der Waals surface area (Å²) in [6, 6.07) is 17.5. The van der Waals surface area contributed by atoms with Gasteiger partial charge in [-0.05, 0) is 30.3 Å². The van der Waals surface area contributed by atoms with Crippen molar-refractivity contribution in [2.24, 2.45) is 5.10 Å². The Kier molecular flexibility index (Phi) is 4.15. The first-order valence-electron chi connectivity index (χ1n) is 6.95. The average molecular weight is 306 g/mol. The Morgan fingerprint density at radius 2 is 1.87 bits per heavy atom. The standard InChI is InChI=1S/C17H14N4O2/c22-15-8-6-13(7-9-15)17(23)21-18-11-14-10-16(20-19-14)12-4-2-1-3-5-12/h1-11,22H,(H,19,20)(H,21,23)/b18-11+. The second-order valence-corrected chi connectivity index (χ2v) is 4.82. The van der Waals surface area contributed by atoms with Gasteiger partial charge in [-0.2, -0.15) is 10.2 Å². The number of carbonyl (C=O) groups is 1. The smallest absolute Gasteiger partial charge is 0.271 e. The molecule has 0 unspecified atom stereocenters. The van der Waals surface area contributed by atoms with Crippen molar-refractivity contribution in [2.45, 2.75) is 0 Å². The molecule has 0 aliphatic carbocycles.